The van der Waals surface area contributed by atoms with Crippen molar-refractivity contribution in [2.45, 2.75) is 32.1 Å². The highest BCUT2D eigenvalue weighted by molar-refractivity contribution is 5.39. The molecule has 2 atom stereocenters. The molecule has 3 nitrogen and oxygen atoms in total. The lowest BCUT2D eigenvalue weighted by molar-refractivity contribution is 0.654. The van der Waals surface area contributed by atoms with Crippen molar-refractivity contribution in [3.63, 3.8) is 0 Å². The minimum atomic E-state index is -0.257. The summed E-state index contributed by atoms with van der Waals surface area (Å²) in [6, 6.07) is 3.66. The van der Waals surface area contributed by atoms with E-state index >= 15 is 0 Å². The predicted octanol–water partition coefficient (Wildman–Crippen LogP) is 1.86. The largest absolute Gasteiger partial charge is 0.325 e. The lowest BCUT2D eigenvalue weighted by atomic mass is 10.0. The van der Waals surface area contributed by atoms with Crippen molar-refractivity contribution in [1.82, 2.24) is 4.98 Å². The average molecular weight is 188 g/mol. The number of nitrogens with one attached hydrogen (secondary N) is 1. The third-order valence-electron chi connectivity index (χ3n) is 2.95. The highest BCUT2D eigenvalue weighted by Gasteiger charge is 2.26. The number of aromatic amines is 1. The number of hydrogen-bond acceptors (Lipinski definition) is 2. The molecule has 0 amide bonds. The van der Waals surface area contributed by atoms with E-state index in [1.807, 2.05) is 6.07 Å². The van der Waals surface area contributed by atoms with Gasteiger partial charge in [-0.2, -0.15) is 5.26 Å². The first-order chi connectivity index (χ1) is 6.63. The zero-order valence-electron chi connectivity index (χ0n) is 8.29. The van der Waals surface area contributed by atoms with Gasteiger partial charge in [0.2, 0.25) is 0 Å². The highest BCUT2D eigenvalue weighted by atomic mass is 16.1. The molecule has 0 saturated carbocycles. The number of hydrogen-bond donors (Lipinski definition) is 1. The standard InChI is InChI=1S/C11H12N2O/c1-6-3-7(2)10-9(6)4-8(5-12)11(14)13-10/h4,6-7H,3H2,1-2H3,(H,13,14). The Bertz CT molecular complexity index is 467. The molecule has 1 aliphatic carbocycles. The van der Waals surface area contributed by atoms with E-state index in [2.05, 4.69) is 18.8 Å². The van der Waals surface area contributed by atoms with Crippen LogP contribution >= 0.6 is 0 Å². The number of pyridine rings is 1. The van der Waals surface area contributed by atoms with Crippen LogP contribution in [-0.4, -0.2) is 4.98 Å². The molecular weight excluding hydrogens is 176 g/mol. The van der Waals surface area contributed by atoms with Crippen LogP contribution in [0.15, 0.2) is 10.9 Å². The van der Waals surface area contributed by atoms with Crippen LogP contribution in [0.2, 0.25) is 0 Å². The van der Waals surface area contributed by atoms with Crippen molar-refractivity contribution in [2.75, 3.05) is 0 Å². The number of H-pyrrole nitrogens is 1. The second-order valence-electron chi connectivity index (χ2n) is 4.03. The fourth-order valence-corrected chi connectivity index (χ4v) is 2.23. The summed E-state index contributed by atoms with van der Waals surface area (Å²) in [5, 5.41) is 8.73. The Morgan fingerprint density at radius 2 is 2.21 bits per heavy atom. The van der Waals surface area contributed by atoms with Gasteiger partial charge in [-0.1, -0.05) is 13.8 Å². The van der Waals surface area contributed by atoms with Crippen LogP contribution in [0.4, 0.5) is 0 Å². The molecule has 3 heteroatoms. The molecule has 0 aromatic carbocycles. The Hall–Kier alpha value is -1.56. The maximum Gasteiger partial charge on any atom is 0.266 e. The third-order valence-corrected chi connectivity index (χ3v) is 2.95. The van der Waals surface area contributed by atoms with Gasteiger partial charge in [0.15, 0.2) is 0 Å². The lowest BCUT2D eigenvalue weighted by Gasteiger charge is -2.03. The van der Waals surface area contributed by atoms with Crippen LogP contribution in [0, 0.1) is 11.3 Å². The monoisotopic (exact) mass is 188 g/mol. The van der Waals surface area contributed by atoms with E-state index in [0.29, 0.717) is 11.8 Å². The minimum Gasteiger partial charge on any atom is -0.325 e. The lowest BCUT2D eigenvalue weighted by Crippen LogP contribution is -2.13. The van der Waals surface area contributed by atoms with E-state index in [-0.39, 0.29) is 11.1 Å². The topological polar surface area (TPSA) is 56.6 Å². The van der Waals surface area contributed by atoms with Crippen LogP contribution in [0.3, 0.4) is 0 Å². The molecule has 1 N–H and O–H groups in total. The number of fused-ring (bicyclic) bond motifs is 1. The first-order valence-electron chi connectivity index (χ1n) is 4.80. The van der Waals surface area contributed by atoms with Gasteiger partial charge >= 0.3 is 0 Å². The molecule has 14 heavy (non-hydrogen) atoms. The summed E-state index contributed by atoms with van der Waals surface area (Å²) < 4.78 is 0. The molecule has 0 fully saturated rings. The van der Waals surface area contributed by atoms with Gasteiger partial charge in [0.25, 0.3) is 5.56 Å². The number of aromatic nitrogens is 1. The van der Waals surface area contributed by atoms with Gasteiger partial charge in [-0.05, 0) is 29.9 Å². The second-order valence-corrected chi connectivity index (χ2v) is 4.03. The van der Waals surface area contributed by atoms with E-state index < -0.39 is 0 Å². The normalized spacial score (nSPS) is 24.4. The summed E-state index contributed by atoms with van der Waals surface area (Å²) >= 11 is 0. The van der Waals surface area contributed by atoms with Crippen LogP contribution < -0.4 is 5.56 Å². The smallest absolute Gasteiger partial charge is 0.266 e. The van der Waals surface area contributed by atoms with E-state index in [4.69, 9.17) is 5.26 Å². The molecule has 0 radical (unpaired) electrons. The van der Waals surface area contributed by atoms with E-state index in [9.17, 15) is 4.79 Å². The second kappa shape index (κ2) is 2.98. The van der Waals surface area contributed by atoms with Crippen molar-refractivity contribution in [2.24, 2.45) is 0 Å². The van der Waals surface area contributed by atoms with Crippen molar-refractivity contribution in [1.29, 1.82) is 5.26 Å². The first kappa shape index (κ1) is 9.01. The molecule has 1 aliphatic rings. The molecule has 1 aromatic heterocycles. The van der Waals surface area contributed by atoms with Crippen LogP contribution in [-0.2, 0) is 0 Å². The average Bonchev–Trinajstić information content (AvgIpc) is 2.41. The summed E-state index contributed by atoms with van der Waals surface area (Å²) in [4.78, 5) is 14.2. The molecule has 0 bridgehead atoms. The summed E-state index contributed by atoms with van der Waals surface area (Å²) in [5.41, 5.74) is 2.12. The molecule has 0 saturated heterocycles. The molecule has 1 heterocycles. The Balaban J connectivity index is 2.67. The van der Waals surface area contributed by atoms with E-state index in [1.165, 1.54) is 0 Å². The third kappa shape index (κ3) is 1.15. The van der Waals surface area contributed by atoms with Crippen molar-refractivity contribution in [3.8, 4) is 6.07 Å². The van der Waals surface area contributed by atoms with Gasteiger partial charge in [0, 0.05) is 5.69 Å². The van der Waals surface area contributed by atoms with Gasteiger partial charge in [-0.15, -0.1) is 0 Å². The van der Waals surface area contributed by atoms with Crippen molar-refractivity contribution in [3.05, 3.63) is 33.2 Å². The fourth-order valence-electron chi connectivity index (χ4n) is 2.23. The minimum absolute atomic E-state index is 0.227. The van der Waals surface area contributed by atoms with Gasteiger partial charge < -0.3 is 4.98 Å². The number of nitriles is 1. The Kier molecular flexibility index (Phi) is 1.92. The Morgan fingerprint density at radius 1 is 1.50 bits per heavy atom. The first-order valence-corrected chi connectivity index (χ1v) is 4.80. The molecule has 72 valence electrons. The number of nitrogens with zero attached hydrogens (tertiary/aromatic N) is 1. The van der Waals surface area contributed by atoms with E-state index in [0.717, 1.165) is 17.7 Å². The molecule has 0 spiro atoms. The quantitative estimate of drug-likeness (QED) is 0.675. The SMILES string of the molecule is CC1CC(C)c2[nH]c(=O)c(C#N)cc21. The van der Waals surface area contributed by atoms with Crippen molar-refractivity contribution < 1.29 is 0 Å². The zero-order chi connectivity index (χ0) is 10.3. The van der Waals surface area contributed by atoms with Crippen LogP contribution in [0.25, 0.3) is 0 Å². The van der Waals surface area contributed by atoms with Crippen LogP contribution in [0.1, 0.15) is 48.9 Å². The summed E-state index contributed by atoms with van der Waals surface area (Å²) in [5.74, 6) is 0.851. The van der Waals surface area contributed by atoms with Gasteiger partial charge in [-0.25, -0.2) is 0 Å². The summed E-state index contributed by atoms with van der Waals surface area (Å²) in [6.07, 6.45) is 1.06. The molecule has 0 aliphatic heterocycles. The number of rotatable bonds is 0. The maximum absolute atomic E-state index is 11.4. The predicted molar refractivity (Wildman–Crippen MR) is 53.2 cm³/mol. The Morgan fingerprint density at radius 3 is 2.86 bits per heavy atom. The molecule has 2 rings (SSSR count). The summed E-state index contributed by atoms with van der Waals surface area (Å²) in [6.45, 7) is 4.23. The molecule has 1 aromatic rings. The van der Waals surface area contributed by atoms with Gasteiger partial charge in [0.1, 0.15) is 11.6 Å². The zero-order valence-corrected chi connectivity index (χ0v) is 8.29. The summed E-state index contributed by atoms with van der Waals surface area (Å²) in [7, 11) is 0. The molecule has 2 unspecified atom stereocenters. The van der Waals surface area contributed by atoms with Gasteiger partial charge in [-0.3, -0.25) is 4.79 Å². The van der Waals surface area contributed by atoms with Crippen molar-refractivity contribution >= 4 is 0 Å². The maximum atomic E-state index is 11.4. The molecular formula is C11H12N2O. The Labute approximate surface area is 82.4 Å². The van der Waals surface area contributed by atoms with E-state index in [1.54, 1.807) is 6.07 Å². The van der Waals surface area contributed by atoms with Gasteiger partial charge in [0.05, 0.1) is 0 Å². The van der Waals surface area contributed by atoms with Crippen LogP contribution in [0.5, 0.6) is 0 Å². The fraction of sp³-hybridized carbons (Fsp3) is 0.455. The highest BCUT2D eigenvalue weighted by Crippen LogP contribution is 2.39.